The molecule has 0 aliphatic carbocycles. The molecule has 0 aromatic heterocycles. The van der Waals surface area contributed by atoms with Crippen molar-refractivity contribution in [1.82, 2.24) is 4.90 Å². The number of amides is 2. The summed E-state index contributed by atoms with van der Waals surface area (Å²) in [6.45, 7) is 2.91. The second kappa shape index (κ2) is 5.50. The first-order valence-corrected chi connectivity index (χ1v) is 7.75. The molecule has 0 radical (unpaired) electrons. The van der Waals surface area contributed by atoms with Crippen LogP contribution in [0.25, 0.3) is 0 Å². The van der Waals surface area contributed by atoms with E-state index in [9.17, 15) is 4.79 Å². The van der Waals surface area contributed by atoms with Gasteiger partial charge < -0.3 is 19.7 Å². The van der Waals surface area contributed by atoms with Crippen LogP contribution in [0.3, 0.4) is 0 Å². The predicted molar refractivity (Wildman–Crippen MR) is 86.7 cm³/mol. The lowest BCUT2D eigenvalue weighted by molar-refractivity contribution is 0.173. The number of carbonyl (C=O) groups is 1. The van der Waals surface area contributed by atoms with Gasteiger partial charge in [0.1, 0.15) is 0 Å². The summed E-state index contributed by atoms with van der Waals surface area (Å²) in [4.78, 5) is 14.4. The zero-order valence-corrected chi connectivity index (χ0v) is 12.9. The summed E-state index contributed by atoms with van der Waals surface area (Å²) in [6, 6.07) is 13.6. The van der Waals surface area contributed by atoms with Gasteiger partial charge >= 0.3 is 6.03 Å². The number of benzene rings is 2. The summed E-state index contributed by atoms with van der Waals surface area (Å²) in [5, 5.41) is 2.96. The van der Waals surface area contributed by atoms with Crippen molar-refractivity contribution < 1.29 is 14.3 Å². The lowest BCUT2D eigenvalue weighted by atomic mass is 9.94. The Kier molecular flexibility index (Phi) is 3.33. The predicted octanol–water partition coefficient (Wildman–Crippen LogP) is 3.39. The number of carbonyl (C=O) groups excluding carboxylic acids is 1. The third-order valence-electron chi connectivity index (χ3n) is 4.37. The summed E-state index contributed by atoms with van der Waals surface area (Å²) >= 11 is 0. The van der Waals surface area contributed by atoms with Gasteiger partial charge in [-0.1, -0.05) is 18.2 Å². The third kappa shape index (κ3) is 2.59. The van der Waals surface area contributed by atoms with Gasteiger partial charge in [0.05, 0.1) is 0 Å². The number of nitrogens with zero attached hydrogens (tertiary/aromatic N) is 1. The van der Waals surface area contributed by atoms with Gasteiger partial charge in [-0.2, -0.15) is 0 Å². The SMILES string of the molecule is CC1Cc2cc3c(cc2CN1C(=O)Nc1ccccc1)OCO3. The number of anilines is 1. The normalized spacial score (nSPS) is 18.5. The molecule has 4 rings (SSSR count). The average molecular weight is 310 g/mol. The number of urea groups is 1. The molecule has 2 aliphatic heterocycles. The Bertz CT molecular complexity index is 745. The Balaban J connectivity index is 1.56. The molecular weight excluding hydrogens is 292 g/mol. The summed E-state index contributed by atoms with van der Waals surface area (Å²) < 4.78 is 10.9. The van der Waals surface area contributed by atoms with Gasteiger partial charge in [0.2, 0.25) is 6.79 Å². The van der Waals surface area contributed by atoms with Gasteiger partial charge in [-0.25, -0.2) is 4.79 Å². The van der Waals surface area contributed by atoms with Crippen LogP contribution in [-0.4, -0.2) is 23.8 Å². The maximum Gasteiger partial charge on any atom is 0.322 e. The highest BCUT2D eigenvalue weighted by atomic mass is 16.7. The molecule has 0 fully saturated rings. The first kappa shape index (κ1) is 13.9. The minimum Gasteiger partial charge on any atom is -0.454 e. The molecule has 0 saturated carbocycles. The first-order chi connectivity index (χ1) is 11.2. The van der Waals surface area contributed by atoms with Crippen LogP contribution < -0.4 is 14.8 Å². The second-order valence-corrected chi connectivity index (χ2v) is 5.95. The van der Waals surface area contributed by atoms with Crippen molar-refractivity contribution in [1.29, 1.82) is 0 Å². The van der Waals surface area contributed by atoms with Crippen LogP contribution in [0.4, 0.5) is 10.5 Å². The Labute approximate surface area is 134 Å². The number of hydrogen-bond donors (Lipinski definition) is 1. The second-order valence-electron chi connectivity index (χ2n) is 5.95. The van der Waals surface area contributed by atoms with E-state index in [4.69, 9.17) is 9.47 Å². The smallest absolute Gasteiger partial charge is 0.322 e. The van der Waals surface area contributed by atoms with E-state index in [0.29, 0.717) is 6.54 Å². The molecule has 2 aromatic rings. The molecule has 23 heavy (non-hydrogen) atoms. The van der Waals surface area contributed by atoms with E-state index < -0.39 is 0 Å². The van der Waals surface area contributed by atoms with Gasteiger partial charge in [-0.05, 0) is 48.7 Å². The third-order valence-corrected chi connectivity index (χ3v) is 4.37. The van der Waals surface area contributed by atoms with Crippen molar-refractivity contribution in [3.8, 4) is 11.5 Å². The van der Waals surface area contributed by atoms with Crippen LogP contribution in [0.1, 0.15) is 18.1 Å². The van der Waals surface area contributed by atoms with Crippen molar-refractivity contribution >= 4 is 11.7 Å². The minimum atomic E-state index is -0.0768. The maximum atomic E-state index is 12.6. The number of hydrogen-bond acceptors (Lipinski definition) is 3. The summed E-state index contributed by atoms with van der Waals surface area (Å²) in [5.41, 5.74) is 3.15. The van der Waals surface area contributed by atoms with Gasteiger partial charge in [-0.15, -0.1) is 0 Å². The molecule has 0 saturated heterocycles. The molecule has 2 heterocycles. The fourth-order valence-electron chi connectivity index (χ4n) is 3.12. The van der Waals surface area contributed by atoms with E-state index in [1.54, 1.807) is 0 Å². The van der Waals surface area contributed by atoms with Gasteiger partial charge in [0.15, 0.2) is 11.5 Å². The minimum absolute atomic E-state index is 0.0768. The van der Waals surface area contributed by atoms with Crippen molar-refractivity contribution in [2.75, 3.05) is 12.1 Å². The van der Waals surface area contributed by atoms with Gasteiger partial charge in [0.25, 0.3) is 0 Å². The summed E-state index contributed by atoms with van der Waals surface area (Å²) in [6.07, 6.45) is 0.814. The molecule has 118 valence electrons. The Morgan fingerprint density at radius 1 is 1.13 bits per heavy atom. The van der Waals surface area contributed by atoms with Crippen LogP contribution in [0.15, 0.2) is 42.5 Å². The molecule has 5 nitrogen and oxygen atoms in total. The first-order valence-electron chi connectivity index (χ1n) is 7.75. The van der Waals surface area contributed by atoms with Gasteiger partial charge in [0, 0.05) is 18.3 Å². The van der Waals surface area contributed by atoms with Crippen LogP contribution in [-0.2, 0) is 13.0 Å². The highest BCUT2D eigenvalue weighted by Crippen LogP contribution is 2.37. The molecule has 1 unspecified atom stereocenters. The molecule has 5 heteroatoms. The van der Waals surface area contributed by atoms with Crippen molar-refractivity contribution in [2.45, 2.75) is 25.9 Å². The zero-order chi connectivity index (χ0) is 15.8. The van der Waals surface area contributed by atoms with Crippen molar-refractivity contribution in [2.24, 2.45) is 0 Å². The van der Waals surface area contributed by atoms with Crippen LogP contribution >= 0.6 is 0 Å². The molecule has 1 N–H and O–H groups in total. The van der Waals surface area contributed by atoms with Crippen molar-refractivity contribution in [3.05, 3.63) is 53.6 Å². The monoisotopic (exact) mass is 310 g/mol. The number of para-hydroxylation sites is 1. The van der Waals surface area contributed by atoms with Crippen LogP contribution in [0, 0.1) is 0 Å². The number of fused-ring (bicyclic) bond motifs is 2. The van der Waals surface area contributed by atoms with Crippen molar-refractivity contribution in [3.63, 3.8) is 0 Å². The summed E-state index contributed by atoms with van der Waals surface area (Å²) in [5.74, 6) is 1.57. The van der Waals surface area contributed by atoms with Crippen LogP contribution in [0.5, 0.6) is 11.5 Å². The van der Waals surface area contributed by atoms with E-state index in [0.717, 1.165) is 29.2 Å². The lowest BCUT2D eigenvalue weighted by Crippen LogP contribution is -2.44. The molecule has 2 aliphatic rings. The summed E-state index contributed by atoms with van der Waals surface area (Å²) in [7, 11) is 0. The Morgan fingerprint density at radius 2 is 1.83 bits per heavy atom. The maximum absolute atomic E-state index is 12.6. The molecule has 0 bridgehead atoms. The van der Waals surface area contributed by atoms with Crippen LogP contribution in [0.2, 0.25) is 0 Å². The zero-order valence-electron chi connectivity index (χ0n) is 12.9. The Hall–Kier alpha value is -2.69. The molecule has 0 spiro atoms. The number of ether oxygens (including phenoxy) is 2. The van der Waals surface area contributed by atoms with Gasteiger partial charge in [-0.3, -0.25) is 0 Å². The largest absolute Gasteiger partial charge is 0.454 e. The average Bonchev–Trinajstić information content (AvgIpc) is 3.00. The quantitative estimate of drug-likeness (QED) is 0.878. The Morgan fingerprint density at radius 3 is 2.57 bits per heavy atom. The van der Waals surface area contributed by atoms with E-state index in [-0.39, 0.29) is 18.9 Å². The van der Waals surface area contributed by atoms with E-state index >= 15 is 0 Å². The highest BCUT2D eigenvalue weighted by Gasteiger charge is 2.29. The van der Waals surface area contributed by atoms with E-state index in [1.807, 2.05) is 47.4 Å². The number of rotatable bonds is 1. The fourth-order valence-corrected chi connectivity index (χ4v) is 3.12. The molecule has 1 atom stereocenters. The highest BCUT2D eigenvalue weighted by molar-refractivity contribution is 5.89. The molecule has 2 amide bonds. The van der Waals surface area contributed by atoms with E-state index in [1.165, 1.54) is 5.56 Å². The fraction of sp³-hybridized carbons (Fsp3) is 0.278. The number of nitrogens with one attached hydrogen (secondary N) is 1. The molecular formula is C18H18N2O3. The standard InChI is InChI=1S/C18H18N2O3/c1-12-7-13-8-16-17(23-11-22-16)9-14(13)10-20(12)18(21)19-15-5-3-2-4-6-15/h2-6,8-9,12H,7,10-11H2,1H3,(H,19,21). The topological polar surface area (TPSA) is 50.8 Å². The lowest BCUT2D eigenvalue weighted by Gasteiger charge is -2.35. The molecule has 2 aromatic carbocycles. The van der Waals surface area contributed by atoms with E-state index in [2.05, 4.69) is 12.2 Å².